The Balaban J connectivity index is 1.87. The number of hydrogen-bond donors (Lipinski definition) is 2. The van der Waals surface area contributed by atoms with Gasteiger partial charge < -0.3 is 15.5 Å². The summed E-state index contributed by atoms with van der Waals surface area (Å²) in [7, 11) is 2.21. The lowest BCUT2D eigenvalue weighted by molar-refractivity contribution is 0.220. The van der Waals surface area contributed by atoms with Crippen molar-refractivity contribution in [3.8, 4) is 0 Å². The maximum atomic E-state index is 4.83. The van der Waals surface area contributed by atoms with E-state index in [-0.39, 0.29) is 5.41 Å². The third-order valence-electron chi connectivity index (χ3n) is 4.56. The Kier molecular flexibility index (Phi) is 6.90. The molecule has 0 amide bonds. The summed E-state index contributed by atoms with van der Waals surface area (Å²) in [6.45, 7) is 11.8. The zero-order valence-electron chi connectivity index (χ0n) is 15.1. The Morgan fingerprint density at radius 1 is 1.35 bits per heavy atom. The second-order valence-electron chi connectivity index (χ2n) is 7.18. The first-order valence-electron chi connectivity index (χ1n) is 8.76. The number of hydrogen-bond acceptors (Lipinski definition) is 3. The lowest BCUT2D eigenvalue weighted by atomic mass is 9.92. The molecule has 0 saturated carbocycles. The molecule has 1 aliphatic rings. The highest BCUT2D eigenvalue weighted by atomic mass is 32.1. The van der Waals surface area contributed by atoms with Crippen LogP contribution in [0.5, 0.6) is 0 Å². The molecule has 0 bridgehead atoms. The standard InChI is InChI=1S/C18H32N4S/c1-5-19-17(20-13-15-8-10-22(4)11-9-15)21-14-18(2,3)16-7-6-12-23-16/h6-7,12,15H,5,8-11,13-14H2,1-4H3,(H2,19,20,21). The van der Waals surface area contributed by atoms with Gasteiger partial charge in [0, 0.05) is 23.4 Å². The zero-order chi connectivity index (χ0) is 16.7. The van der Waals surface area contributed by atoms with Crippen LogP contribution in [0.15, 0.2) is 22.5 Å². The van der Waals surface area contributed by atoms with E-state index >= 15 is 0 Å². The van der Waals surface area contributed by atoms with Crippen molar-refractivity contribution in [2.45, 2.75) is 39.0 Å². The van der Waals surface area contributed by atoms with E-state index in [0.29, 0.717) is 0 Å². The molecule has 0 atom stereocenters. The highest BCUT2D eigenvalue weighted by Gasteiger charge is 2.22. The highest BCUT2D eigenvalue weighted by Crippen LogP contribution is 2.27. The number of likely N-dealkylation sites (tertiary alicyclic amines) is 1. The van der Waals surface area contributed by atoms with Crippen molar-refractivity contribution in [1.29, 1.82) is 0 Å². The van der Waals surface area contributed by atoms with E-state index in [4.69, 9.17) is 4.99 Å². The second-order valence-corrected chi connectivity index (χ2v) is 8.13. The van der Waals surface area contributed by atoms with Crippen LogP contribution in [0.2, 0.25) is 0 Å². The van der Waals surface area contributed by atoms with Gasteiger partial charge in [-0.15, -0.1) is 11.3 Å². The van der Waals surface area contributed by atoms with Crippen LogP contribution < -0.4 is 10.6 Å². The molecular formula is C18H32N4S. The van der Waals surface area contributed by atoms with Gasteiger partial charge in [0.15, 0.2) is 5.96 Å². The van der Waals surface area contributed by atoms with Crippen molar-refractivity contribution in [2.24, 2.45) is 10.9 Å². The third-order valence-corrected chi connectivity index (χ3v) is 5.80. The quantitative estimate of drug-likeness (QED) is 0.620. The summed E-state index contributed by atoms with van der Waals surface area (Å²) in [5.74, 6) is 1.72. The summed E-state index contributed by atoms with van der Waals surface area (Å²) in [6.07, 6.45) is 2.56. The Labute approximate surface area is 145 Å². The number of thiophene rings is 1. The summed E-state index contributed by atoms with van der Waals surface area (Å²) in [4.78, 5) is 8.64. The molecule has 2 N–H and O–H groups in total. The van der Waals surface area contributed by atoms with Gasteiger partial charge >= 0.3 is 0 Å². The van der Waals surface area contributed by atoms with Crippen LogP contribution in [0.3, 0.4) is 0 Å². The molecule has 0 unspecified atom stereocenters. The van der Waals surface area contributed by atoms with Crippen molar-refractivity contribution >= 4 is 17.3 Å². The van der Waals surface area contributed by atoms with Crippen LogP contribution in [-0.4, -0.2) is 50.6 Å². The van der Waals surface area contributed by atoms with E-state index in [9.17, 15) is 0 Å². The van der Waals surface area contributed by atoms with Crippen molar-refractivity contribution in [3.63, 3.8) is 0 Å². The first-order chi connectivity index (χ1) is 11.0. The minimum atomic E-state index is 0.0874. The van der Waals surface area contributed by atoms with Crippen LogP contribution >= 0.6 is 11.3 Å². The van der Waals surface area contributed by atoms with Gasteiger partial charge in [0.05, 0.1) is 6.54 Å². The van der Waals surface area contributed by atoms with Crippen LogP contribution in [0.1, 0.15) is 38.5 Å². The minimum Gasteiger partial charge on any atom is -0.357 e. The molecule has 1 saturated heterocycles. The van der Waals surface area contributed by atoms with Crippen LogP contribution in [-0.2, 0) is 5.41 Å². The summed E-state index contributed by atoms with van der Waals surface area (Å²) in [5, 5.41) is 9.07. The Morgan fingerprint density at radius 2 is 2.09 bits per heavy atom. The van der Waals surface area contributed by atoms with Crippen molar-refractivity contribution < 1.29 is 0 Å². The normalized spacial score (nSPS) is 18.2. The molecule has 2 rings (SSSR count). The average Bonchev–Trinajstić information content (AvgIpc) is 3.07. The van der Waals surface area contributed by atoms with Gasteiger partial charge in [0.2, 0.25) is 0 Å². The number of aliphatic imine (C=N–C) groups is 1. The van der Waals surface area contributed by atoms with Gasteiger partial charge in [-0.1, -0.05) is 19.9 Å². The molecule has 2 heterocycles. The molecule has 0 aromatic carbocycles. The molecule has 4 nitrogen and oxygen atoms in total. The average molecular weight is 337 g/mol. The van der Waals surface area contributed by atoms with Crippen LogP contribution in [0, 0.1) is 5.92 Å². The smallest absolute Gasteiger partial charge is 0.191 e. The van der Waals surface area contributed by atoms with E-state index < -0.39 is 0 Å². The summed E-state index contributed by atoms with van der Waals surface area (Å²) < 4.78 is 0. The van der Waals surface area contributed by atoms with Gasteiger partial charge in [-0.05, 0) is 57.3 Å². The molecule has 1 fully saturated rings. The van der Waals surface area contributed by atoms with E-state index in [1.165, 1.54) is 30.8 Å². The van der Waals surface area contributed by atoms with Gasteiger partial charge in [0.25, 0.3) is 0 Å². The van der Waals surface area contributed by atoms with Gasteiger partial charge in [-0.25, -0.2) is 0 Å². The molecule has 0 spiro atoms. The van der Waals surface area contributed by atoms with E-state index in [2.05, 4.69) is 60.9 Å². The van der Waals surface area contributed by atoms with Gasteiger partial charge in [-0.2, -0.15) is 0 Å². The molecule has 1 aromatic rings. The number of nitrogens with zero attached hydrogens (tertiary/aromatic N) is 2. The lowest BCUT2D eigenvalue weighted by Gasteiger charge is -2.29. The molecule has 0 aliphatic carbocycles. The van der Waals surface area contributed by atoms with Gasteiger partial charge in [0.1, 0.15) is 0 Å². The Morgan fingerprint density at radius 3 is 2.70 bits per heavy atom. The molecule has 23 heavy (non-hydrogen) atoms. The predicted octanol–water partition coefficient (Wildman–Crippen LogP) is 2.92. The number of piperidine rings is 1. The Hall–Kier alpha value is -1.07. The summed E-state index contributed by atoms with van der Waals surface area (Å²) in [5.41, 5.74) is 0.0874. The highest BCUT2D eigenvalue weighted by molar-refractivity contribution is 7.10. The maximum absolute atomic E-state index is 4.83. The predicted molar refractivity (Wildman–Crippen MR) is 102 cm³/mol. The van der Waals surface area contributed by atoms with Gasteiger partial charge in [-0.3, -0.25) is 4.99 Å². The first kappa shape index (κ1) is 18.3. The molecular weight excluding hydrogens is 304 g/mol. The van der Waals surface area contributed by atoms with Crippen molar-refractivity contribution in [1.82, 2.24) is 15.5 Å². The van der Waals surface area contributed by atoms with Crippen molar-refractivity contribution in [2.75, 3.05) is 39.8 Å². The molecule has 1 aromatic heterocycles. The lowest BCUT2D eigenvalue weighted by Crippen LogP contribution is -2.42. The topological polar surface area (TPSA) is 39.7 Å². The number of nitrogens with one attached hydrogen (secondary N) is 2. The fourth-order valence-electron chi connectivity index (χ4n) is 2.87. The first-order valence-corrected chi connectivity index (χ1v) is 9.64. The molecule has 130 valence electrons. The summed E-state index contributed by atoms with van der Waals surface area (Å²) in [6, 6.07) is 4.33. The third kappa shape index (κ3) is 5.81. The molecule has 0 radical (unpaired) electrons. The van der Waals surface area contributed by atoms with Crippen molar-refractivity contribution in [3.05, 3.63) is 22.4 Å². The fourth-order valence-corrected chi connectivity index (χ4v) is 3.71. The van der Waals surface area contributed by atoms with E-state index in [0.717, 1.165) is 31.5 Å². The zero-order valence-corrected chi connectivity index (χ0v) is 15.9. The fraction of sp³-hybridized carbons (Fsp3) is 0.722. The van der Waals surface area contributed by atoms with Crippen LogP contribution in [0.4, 0.5) is 0 Å². The van der Waals surface area contributed by atoms with E-state index in [1.807, 2.05) is 11.3 Å². The summed E-state index contributed by atoms with van der Waals surface area (Å²) >= 11 is 1.82. The van der Waals surface area contributed by atoms with Crippen LogP contribution in [0.25, 0.3) is 0 Å². The molecule has 5 heteroatoms. The largest absolute Gasteiger partial charge is 0.357 e. The molecule has 1 aliphatic heterocycles. The van der Waals surface area contributed by atoms with E-state index in [1.54, 1.807) is 0 Å². The monoisotopic (exact) mass is 336 g/mol. The SMILES string of the molecule is CCNC(=NCC(C)(C)c1cccs1)NCC1CCN(C)CC1. The minimum absolute atomic E-state index is 0.0874. The maximum Gasteiger partial charge on any atom is 0.191 e. The number of guanidine groups is 1. The number of rotatable bonds is 6. The Bertz CT molecular complexity index is 473. The second kappa shape index (κ2) is 8.69.